The van der Waals surface area contributed by atoms with E-state index in [1.807, 2.05) is 13.0 Å². The molecule has 0 aliphatic carbocycles. The van der Waals surface area contributed by atoms with E-state index in [1.165, 1.54) is 12.1 Å². The van der Waals surface area contributed by atoms with E-state index in [0.29, 0.717) is 30.0 Å². The van der Waals surface area contributed by atoms with Gasteiger partial charge in [-0.3, -0.25) is 9.59 Å². The molecule has 2 aromatic heterocycles. The summed E-state index contributed by atoms with van der Waals surface area (Å²) >= 11 is 0. The van der Waals surface area contributed by atoms with Crippen LogP contribution < -0.4 is 5.32 Å². The zero-order valence-corrected chi connectivity index (χ0v) is 15.6. The fourth-order valence-electron chi connectivity index (χ4n) is 3.73. The van der Waals surface area contributed by atoms with Crippen LogP contribution in [0, 0.1) is 23.1 Å². The summed E-state index contributed by atoms with van der Waals surface area (Å²) in [6.07, 6.45) is 2.17. The highest BCUT2D eigenvalue weighted by molar-refractivity contribution is 5.99. The summed E-state index contributed by atoms with van der Waals surface area (Å²) in [7, 11) is 0. The van der Waals surface area contributed by atoms with Gasteiger partial charge in [0.2, 0.25) is 5.91 Å². The minimum Gasteiger partial charge on any atom is -0.335 e. The lowest BCUT2D eigenvalue weighted by atomic mass is 10.0. The Labute approximate surface area is 166 Å². The Bertz CT molecular complexity index is 1120. The molecule has 1 aliphatic heterocycles. The van der Waals surface area contributed by atoms with E-state index in [9.17, 15) is 14.0 Å². The van der Waals surface area contributed by atoms with E-state index in [0.717, 1.165) is 11.5 Å². The van der Waals surface area contributed by atoms with Crippen LogP contribution in [0.5, 0.6) is 0 Å². The van der Waals surface area contributed by atoms with Gasteiger partial charge in [-0.1, -0.05) is 0 Å². The van der Waals surface area contributed by atoms with Gasteiger partial charge >= 0.3 is 0 Å². The van der Waals surface area contributed by atoms with E-state index in [1.54, 1.807) is 29.3 Å². The number of carbonyl (C=O) groups excluding carboxylic acids is 2. The van der Waals surface area contributed by atoms with Gasteiger partial charge in [0.05, 0.1) is 11.5 Å². The molecule has 0 unspecified atom stereocenters. The standard InChI is InChI=1S/C21H18FN5O2/c1-12-16(20(28)25-15-4-5-17(22)14(9-15)11-23)6-8-27(12)21(29)18-10-13-3-2-7-24-19(13)26-18/h2-5,7,9-10,12,16H,6,8H2,1H3,(H,24,26)(H,25,28)/t12-,16-/m0/s1. The maximum Gasteiger partial charge on any atom is 0.270 e. The van der Waals surface area contributed by atoms with Gasteiger partial charge in [0, 0.05) is 29.9 Å². The molecular formula is C21H18FN5O2. The lowest BCUT2D eigenvalue weighted by Gasteiger charge is -2.24. The molecule has 7 nitrogen and oxygen atoms in total. The van der Waals surface area contributed by atoms with Crippen molar-refractivity contribution in [3.05, 3.63) is 59.7 Å². The number of nitrogens with zero attached hydrogens (tertiary/aromatic N) is 3. The maximum absolute atomic E-state index is 13.5. The van der Waals surface area contributed by atoms with Crippen molar-refractivity contribution in [2.24, 2.45) is 5.92 Å². The SMILES string of the molecule is C[C@H]1[C@@H](C(=O)Nc2ccc(F)c(C#N)c2)CCN1C(=O)c1cc2cccnc2[nH]1. The molecule has 4 rings (SSSR count). The quantitative estimate of drug-likeness (QED) is 0.716. The fourth-order valence-corrected chi connectivity index (χ4v) is 3.73. The predicted octanol–water partition coefficient (Wildman–Crippen LogP) is 3.06. The highest BCUT2D eigenvalue weighted by Crippen LogP contribution is 2.28. The summed E-state index contributed by atoms with van der Waals surface area (Å²) in [5.74, 6) is -1.48. The first-order valence-corrected chi connectivity index (χ1v) is 9.23. The number of likely N-dealkylation sites (tertiary alicyclic amines) is 1. The van der Waals surface area contributed by atoms with Crippen molar-refractivity contribution in [3.63, 3.8) is 0 Å². The van der Waals surface area contributed by atoms with Crippen molar-refractivity contribution in [1.82, 2.24) is 14.9 Å². The number of H-pyrrole nitrogens is 1. The number of hydrogen-bond acceptors (Lipinski definition) is 4. The van der Waals surface area contributed by atoms with Gasteiger partial charge < -0.3 is 15.2 Å². The third-order valence-corrected chi connectivity index (χ3v) is 5.33. The van der Waals surface area contributed by atoms with Crippen LogP contribution in [0.2, 0.25) is 0 Å². The molecule has 3 heterocycles. The average molecular weight is 391 g/mol. The van der Waals surface area contributed by atoms with E-state index >= 15 is 0 Å². The Morgan fingerprint density at radius 3 is 2.93 bits per heavy atom. The van der Waals surface area contributed by atoms with E-state index < -0.39 is 11.7 Å². The second-order valence-corrected chi connectivity index (χ2v) is 7.05. The Morgan fingerprint density at radius 1 is 1.34 bits per heavy atom. The average Bonchev–Trinajstić information content (AvgIpc) is 3.32. The molecule has 2 atom stereocenters. The number of anilines is 1. The number of hydrogen-bond donors (Lipinski definition) is 2. The van der Waals surface area contributed by atoms with Crippen molar-refractivity contribution >= 4 is 28.5 Å². The van der Waals surface area contributed by atoms with E-state index in [2.05, 4.69) is 15.3 Å². The zero-order valence-electron chi connectivity index (χ0n) is 15.6. The minimum absolute atomic E-state index is 0.133. The summed E-state index contributed by atoms with van der Waals surface area (Å²) in [6, 6.07) is 10.7. The van der Waals surface area contributed by atoms with Gasteiger partial charge in [-0.2, -0.15) is 5.26 Å². The van der Waals surface area contributed by atoms with Crippen LogP contribution in [0.3, 0.4) is 0 Å². The maximum atomic E-state index is 13.5. The molecule has 1 saturated heterocycles. The van der Waals surface area contributed by atoms with Gasteiger partial charge in [-0.15, -0.1) is 0 Å². The highest BCUT2D eigenvalue weighted by Gasteiger charge is 2.38. The Balaban J connectivity index is 1.48. The molecule has 2 amide bonds. The van der Waals surface area contributed by atoms with E-state index in [4.69, 9.17) is 5.26 Å². The summed E-state index contributed by atoms with van der Waals surface area (Å²) in [6.45, 7) is 2.29. The third-order valence-electron chi connectivity index (χ3n) is 5.33. The molecule has 2 N–H and O–H groups in total. The Kier molecular flexibility index (Phi) is 4.72. The number of fused-ring (bicyclic) bond motifs is 1. The normalized spacial score (nSPS) is 18.6. The number of nitriles is 1. The zero-order chi connectivity index (χ0) is 20.5. The van der Waals surface area contributed by atoms with Crippen LogP contribution in [0.1, 0.15) is 29.4 Å². The molecule has 0 radical (unpaired) electrons. The number of pyridine rings is 1. The molecule has 8 heteroatoms. The lowest BCUT2D eigenvalue weighted by molar-refractivity contribution is -0.120. The van der Waals surface area contributed by atoms with Crippen LogP contribution in [-0.4, -0.2) is 39.3 Å². The molecule has 146 valence electrons. The Morgan fingerprint density at radius 2 is 2.17 bits per heavy atom. The topological polar surface area (TPSA) is 102 Å². The first-order valence-electron chi connectivity index (χ1n) is 9.23. The van der Waals surface area contributed by atoms with Gasteiger partial charge in [0.15, 0.2) is 0 Å². The van der Waals surface area contributed by atoms with Crippen LogP contribution >= 0.6 is 0 Å². The van der Waals surface area contributed by atoms with Crippen molar-refractivity contribution in [2.75, 3.05) is 11.9 Å². The van der Waals surface area contributed by atoms with Gasteiger partial charge in [0.1, 0.15) is 23.2 Å². The van der Waals surface area contributed by atoms with Crippen LogP contribution in [-0.2, 0) is 4.79 Å². The summed E-state index contributed by atoms with van der Waals surface area (Å²) in [5, 5.41) is 12.5. The number of amides is 2. The number of carbonyl (C=O) groups is 2. The molecule has 3 aromatic rings. The fraction of sp³-hybridized carbons (Fsp3) is 0.238. The monoisotopic (exact) mass is 391 g/mol. The first kappa shape index (κ1) is 18.6. The molecule has 0 saturated carbocycles. The molecular weight excluding hydrogens is 373 g/mol. The van der Waals surface area contributed by atoms with Crippen molar-refractivity contribution in [1.29, 1.82) is 5.26 Å². The van der Waals surface area contributed by atoms with Crippen LogP contribution in [0.15, 0.2) is 42.6 Å². The lowest BCUT2D eigenvalue weighted by Crippen LogP contribution is -2.39. The molecule has 1 aromatic carbocycles. The molecule has 29 heavy (non-hydrogen) atoms. The highest BCUT2D eigenvalue weighted by atomic mass is 19.1. The van der Waals surface area contributed by atoms with Crippen molar-refractivity contribution < 1.29 is 14.0 Å². The van der Waals surface area contributed by atoms with Crippen LogP contribution in [0.25, 0.3) is 11.0 Å². The van der Waals surface area contributed by atoms with Gasteiger partial charge in [-0.25, -0.2) is 9.37 Å². The molecule has 0 spiro atoms. The second-order valence-electron chi connectivity index (χ2n) is 7.05. The van der Waals surface area contributed by atoms with Gasteiger partial charge in [0.25, 0.3) is 5.91 Å². The molecule has 1 fully saturated rings. The third kappa shape index (κ3) is 3.43. The summed E-state index contributed by atoms with van der Waals surface area (Å²) in [4.78, 5) is 34.5. The number of halogens is 1. The smallest absolute Gasteiger partial charge is 0.270 e. The number of benzene rings is 1. The predicted molar refractivity (Wildman–Crippen MR) is 104 cm³/mol. The molecule has 1 aliphatic rings. The van der Waals surface area contributed by atoms with Crippen molar-refractivity contribution in [2.45, 2.75) is 19.4 Å². The van der Waals surface area contributed by atoms with Crippen LogP contribution in [0.4, 0.5) is 10.1 Å². The number of aromatic nitrogens is 2. The Hall–Kier alpha value is -3.73. The van der Waals surface area contributed by atoms with Gasteiger partial charge in [-0.05, 0) is 49.7 Å². The summed E-state index contributed by atoms with van der Waals surface area (Å²) < 4.78 is 13.5. The number of rotatable bonds is 3. The minimum atomic E-state index is -0.635. The largest absolute Gasteiger partial charge is 0.335 e. The van der Waals surface area contributed by atoms with Crippen molar-refractivity contribution in [3.8, 4) is 6.07 Å². The first-order chi connectivity index (χ1) is 14.0. The summed E-state index contributed by atoms with van der Waals surface area (Å²) in [5.41, 5.74) is 1.29. The number of aromatic amines is 1. The second kappa shape index (κ2) is 7.36. The van der Waals surface area contributed by atoms with E-state index in [-0.39, 0.29) is 23.4 Å². The number of nitrogens with one attached hydrogen (secondary N) is 2. The molecule has 0 bridgehead atoms.